The first-order valence-electron chi connectivity index (χ1n) is 5.61. The Hall–Kier alpha value is -1.14. The minimum Gasteiger partial charge on any atom is -0.380 e. The van der Waals surface area contributed by atoms with Crippen LogP contribution in [0.2, 0.25) is 0 Å². The van der Waals surface area contributed by atoms with Crippen molar-refractivity contribution < 1.29 is 0 Å². The summed E-state index contributed by atoms with van der Waals surface area (Å²) >= 11 is 5.05. The molecule has 96 valence electrons. The van der Waals surface area contributed by atoms with Gasteiger partial charge in [-0.2, -0.15) is 5.10 Å². The van der Waals surface area contributed by atoms with Crippen LogP contribution in [0.25, 0.3) is 0 Å². The molecule has 2 aromatic rings. The average Bonchev–Trinajstić information content (AvgIpc) is 2.70. The van der Waals surface area contributed by atoms with Crippen molar-refractivity contribution in [3.8, 4) is 0 Å². The molecule has 0 spiro atoms. The molecule has 6 heteroatoms. The van der Waals surface area contributed by atoms with Gasteiger partial charge in [0.1, 0.15) is 4.47 Å². The van der Waals surface area contributed by atoms with Crippen LogP contribution in [0.4, 0.5) is 5.69 Å². The Kier molecular flexibility index (Phi) is 4.19. The molecule has 0 saturated heterocycles. The van der Waals surface area contributed by atoms with Gasteiger partial charge in [0.25, 0.3) is 5.56 Å². The van der Waals surface area contributed by atoms with Gasteiger partial charge < -0.3 is 5.32 Å². The molecule has 18 heavy (non-hydrogen) atoms. The van der Waals surface area contributed by atoms with Crippen LogP contribution < -0.4 is 10.9 Å². The van der Waals surface area contributed by atoms with E-state index in [9.17, 15) is 4.79 Å². The van der Waals surface area contributed by atoms with Gasteiger partial charge in [-0.05, 0) is 41.9 Å². The molecule has 0 bridgehead atoms. The minimum atomic E-state index is -0.223. The number of aryl methyl sites for hydroxylation is 1. The fourth-order valence-corrected chi connectivity index (χ4v) is 3.02. The zero-order chi connectivity index (χ0) is 13.1. The molecule has 1 atom stereocenters. The van der Waals surface area contributed by atoms with E-state index in [0.29, 0.717) is 4.47 Å². The molecule has 2 rings (SSSR count). The Morgan fingerprint density at radius 3 is 3.00 bits per heavy atom. The molecule has 0 aromatic carbocycles. The number of rotatable bonds is 4. The lowest BCUT2D eigenvalue weighted by molar-refractivity contribution is 0.795. The van der Waals surface area contributed by atoms with Gasteiger partial charge in [-0.1, -0.05) is 0 Å². The van der Waals surface area contributed by atoms with Gasteiger partial charge >= 0.3 is 0 Å². The summed E-state index contributed by atoms with van der Waals surface area (Å²) < 4.78 is 0.492. The van der Waals surface area contributed by atoms with Gasteiger partial charge in [0, 0.05) is 22.2 Å². The normalized spacial score (nSPS) is 12.4. The van der Waals surface area contributed by atoms with Crippen molar-refractivity contribution in [3.05, 3.63) is 42.9 Å². The number of hydrogen-bond donors (Lipinski definition) is 2. The number of nitrogens with one attached hydrogen (secondary N) is 2. The van der Waals surface area contributed by atoms with Gasteiger partial charge in [0.2, 0.25) is 0 Å². The highest BCUT2D eigenvalue weighted by Crippen LogP contribution is 2.20. The number of anilines is 1. The maximum absolute atomic E-state index is 11.4. The molecule has 0 aliphatic rings. The molecule has 0 aliphatic carbocycles. The summed E-state index contributed by atoms with van der Waals surface area (Å²) in [5.74, 6) is 0. The molecule has 0 amide bonds. The lowest BCUT2D eigenvalue weighted by atomic mass is 10.2. The third-order valence-corrected chi connectivity index (χ3v) is 4.31. The predicted octanol–water partition coefficient (Wildman–Crippen LogP) is 2.95. The van der Waals surface area contributed by atoms with E-state index in [2.05, 4.69) is 57.4 Å². The lowest BCUT2D eigenvalue weighted by Crippen LogP contribution is -2.20. The van der Waals surface area contributed by atoms with Gasteiger partial charge in [-0.25, -0.2) is 5.10 Å². The van der Waals surface area contributed by atoms with E-state index >= 15 is 0 Å². The first-order valence-corrected chi connectivity index (χ1v) is 7.22. The fraction of sp³-hybridized carbons (Fsp3) is 0.333. The zero-order valence-corrected chi connectivity index (χ0v) is 12.6. The molecule has 0 fully saturated rings. The Balaban J connectivity index is 2.05. The highest BCUT2D eigenvalue weighted by Gasteiger charge is 2.09. The third-order valence-electron chi connectivity index (χ3n) is 2.50. The van der Waals surface area contributed by atoms with Crippen molar-refractivity contribution >= 4 is 33.0 Å². The van der Waals surface area contributed by atoms with Crippen LogP contribution in [0.3, 0.4) is 0 Å². The second-order valence-electron chi connectivity index (χ2n) is 4.19. The summed E-state index contributed by atoms with van der Waals surface area (Å²) in [6, 6.07) is 4.50. The van der Waals surface area contributed by atoms with Crippen LogP contribution in [-0.4, -0.2) is 16.2 Å². The maximum atomic E-state index is 11.4. The molecule has 4 nitrogen and oxygen atoms in total. The Bertz CT molecular complexity index is 593. The first-order chi connectivity index (χ1) is 8.56. The highest BCUT2D eigenvalue weighted by molar-refractivity contribution is 9.10. The fourth-order valence-electron chi connectivity index (χ4n) is 1.70. The Morgan fingerprint density at radius 2 is 2.33 bits per heavy atom. The van der Waals surface area contributed by atoms with E-state index in [1.807, 2.05) is 0 Å². The zero-order valence-electron chi connectivity index (χ0n) is 10.2. The number of aromatic nitrogens is 2. The van der Waals surface area contributed by atoms with Crippen molar-refractivity contribution in [1.82, 2.24) is 10.2 Å². The molecular formula is C12H14BrN3OS. The van der Waals surface area contributed by atoms with E-state index in [1.54, 1.807) is 17.5 Å². The van der Waals surface area contributed by atoms with Gasteiger partial charge in [-0.15, -0.1) is 11.3 Å². The largest absolute Gasteiger partial charge is 0.380 e. The summed E-state index contributed by atoms with van der Waals surface area (Å²) in [5, 5.41) is 9.44. The predicted molar refractivity (Wildman–Crippen MR) is 78.4 cm³/mol. The average molecular weight is 328 g/mol. The molecule has 2 heterocycles. The van der Waals surface area contributed by atoms with E-state index < -0.39 is 0 Å². The second kappa shape index (κ2) is 5.67. The summed E-state index contributed by atoms with van der Waals surface area (Å²) in [6.45, 7) is 4.19. The van der Waals surface area contributed by atoms with E-state index in [-0.39, 0.29) is 11.6 Å². The van der Waals surface area contributed by atoms with Crippen LogP contribution in [0, 0.1) is 6.92 Å². The first kappa shape index (κ1) is 13.3. The highest BCUT2D eigenvalue weighted by atomic mass is 79.9. The van der Waals surface area contributed by atoms with E-state index in [4.69, 9.17) is 0 Å². The number of H-pyrrole nitrogens is 1. The third kappa shape index (κ3) is 3.20. The van der Waals surface area contributed by atoms with E-state index in [0.717, 1.165) is 12.1 Å². The van der Waals surface area contributed by atoms with Gasteiger partial charge in [0.05, 0.1) is 11.9 Å². The summed E-state index contributed by atoms with van der Waals surface area (Å²) in [5.41, 5.74) is 0.499. The van der Waals surface area contributed by atoms with Crippen LogP contribution >= 0.6 is 27.3 Å². The number of aromatic amines is 1. The van der Waals surface area contributed by atoms with Crippen molar-refractivity contribution in [2.45, 2.75) is 26.3 Å². The topological polar surface area (TPSA) is 57.8 Å². The summed E-state index contributed by atoms with van der Waals surface area (Å²) in [7, 11) is 0. The SMILES string of the molecule is Cc1ccc(CC(C)Nc2cn[nH]c(=O)c2Br)s1. The number of nitrogens with zero attached hydrogens (tertiary/aromatic N) is 1. The number of halogens is 1. The van der Waals surface area contributed by atoms with Gasteiger partial charge in [0.15, 0.2) is 0 Å². The Morgan fingerprint density at radius 1 is 1.56 bits per heavy atom. The smallest absolute Gasteiger partial charge is 0.280 e. The Labute approximate surface area is 118 Å². The molecule has 0 saturated carbocycles. The van der Waals surface area contributed by atoms with Crippen LogP contribution in [-0.2, 0) is 6.42 Å². The monoisotopic (exact) mass is 327 g/mol. The van der Waals surface area contributed by atoms with Gasteiger partial charge in [-0.3, -0.25) is 4.79 Å². The molecule has 1 unspecified atom stereocenters. The van der Waals surface area contributed by atoms with E-state index in [1.165, 1.54) is 9.75 Å². The van der Waals surface area contributed by atoms with Crippen LogP contribution in [0.1, 0.15) is 16.7 Å². The lowest BCUT2D eigenvalue weighted by Gasteiger charge is -2.14. The molecule has 2 N–H and O–H groups in total. The number of thiophene rings is 1. The maximum Gasteiger partial charge on any atom is 0.280 e. The molecular weight excluding hydrogens is 314 g/mol. The van der Waals surface area contributed by atoms with Crippen molar-refractivity contribution in [1.29, 1.82) is 0 Å². The second-order valence-corrected chi connectivity index (χ2v) is 6.35. The van der Waals surface area contributed by atoms with Crippen molar-refractivity contribution in [2.75, 3.05) is 5.32 Å². The van der Waals surface area contributed by atoms with Crippen LogP contribution in [0.5, 0.6) is 0 Å². The molecule has 2 aromatic heterocycles. The quantitative estimate of drug-likeness (QED) is 0.907. The molecule has 0 radical (unpaired) electrons. The standard InChI is InChI=1S/C12H14BrN3OS/c1-7(5-9-4-3-8(2)18-9)15-10-6-14-16-12(17)11(10)13/h3-4,6-7H,5H2,1-2H3,(H2,15,16,17). The van der Waals surface area contributed by atoms with Crippen molar-refractivity contribution in [2.24, 2.45) is 0 Å². The molecule has 0 aliphatic heterocycles. The summed E-state index contributed by atoms with van der Waals surface area (Å²) in [6.07, 6.45) is 2.54. The number of hydrogen-bond acceptors (Lipinski definition) is 4. The summed E-state index contributed by atoms with van der Waals surface area (Å²) in [4.78, 5) is 14.0. The van der Waals surface area contributed by atoms with Crippen molar-refractivity contribution in [3.63, 3.8) is 0 Å². The minimum absolute atomic E-state index is 0.223. The van der Waals surface area contributed by atoms with Crippen LogP contribution in [0.15, 0.2) is 27.6 Å².